The zero-order valence-corrected chi connectivity index (χ0v) is 15.6. The molecule has 0 unspecified atom stereocenters. The fourth-order valence-corrected chi connectivity index (χ4v) is 2.41. The number of benzene rings is 1. The lowest BCUT2D eigenvalue weighted by Crippen LogP contribution is -2.40. The van der Waals surface area contributed by atoms with Crippen molar-refractivity contribution >= 4 is 58.0 Å². The van der Waals surface area contributed by atoms with Crippen LogP contribution in [0.2, 0.25) is 0 Å². The molecule has 0 saturated carbocycles. The number of hydrogen-bond acceptors (Lipinski definition) is 4. The molecule has 0 bridgehead atoms. The second kappa shape index (κ2) is 7.78. The quantitative estimate of drug-likeness (QED) is 0.780. The number of fused-ring (bicyclic) bond motifs is 1. The maximum Gasteiger partial charge on any atom is 0.276 e. The Kier molecular flexibility index (Phi) is 6.20. The summed E-state index contributed by atoms with van der Waals surface area (Å²) in [6, 6.07) is 4.94. The number of hydrogen-bond donors (Lipinski definition) is 1. The van der Waals surface area contributed by atoms with Gasteiger partial charge in [-0.15, -0.1) is 0 Å². The Morgan fingerprint density at radius 1 is 1.38 bits per heavy atom. The summed E-state index contributed by atoms with van der Waals surface area (Å²) in [5.41, 5.74) is 1.01. The smallest absolute Gasteiger partial charge is 0.276 e. The second-order valence-corrected chi connectivity index (χ2v) is 7.91. The first-order chi connectivity index (χ1) is 11.2. The van der Waals surface area contributed by atoms with Crippen molar-refractivity contribution in [1.82, 2.24) is 4.90 Å². The maximum absolute atomic E-state index is 12.2. The molecule has 1 aromatic carbocycles. The molecule has 0 spiro atoms. The van der Waals surface area contributed by atoms with E-state index in [1.807, 2.05) is 19.0 Å². The molecule has 0 radical (unpaired) electrons. The molecule has 2 amide bonds. The zero-order valence-electron chi connectivity index (χ0n) is 13.3. The molecule has 2 rings (SSSR count). The number of ether oxygens (including phenoxy) is 1. The van der Waals surface area contributed by atoms with Gasteiger partial charge in [0.15, 0.2) is 6.61 Å². The van der Waals surface area contributed by atoms with Crippen LogP contribution in [0.1, 0.15) is 6.42 Å². The van der Waals surface area contributed by atoms with E-state index in [4.69, 9.17) is 39.5 Å². The SMILES string of the molecule is CN(C)CCCN1C(=O)COc2ccc(NC(=O)C(Cl)(Cl)Cl)cc21. The van der Waals surface area contributed by atoms with Gasteiger partial charge >= 0.3 is 0 Å². The van der Waals surface area contributed by atoms with Gasteiger partial charge in [0.2, 0.25) is 0 Å². The highest BCUT2D eigenvalue weighted by Gasteiger charge is 2.31. The third-order valence-electron chi connectivity index (χ3n) is 3.40. The molecule has 24 heavy (non-hydrogen) atoms. The summed E-state index contributed by atoms with van der Waals surface area (Å²) in [5.74, 6) is -0.327. The number of carbonyl (C=O) groups is 2. The van der Waals surface area contributed by atoms with E-state index in [-0.39, 0.29) is 12.5 Å². The summed E-state index contributed by atoms with van der Waals surface area (Å²) in [7, 11) is 3.94. The molecule has 0 aliphatic carbocycles. The Balaban J connectivity index is 2.19. The molecule has 0 aromatic heterocycles. The van der Waals surface area contributed by atoms with E-state index in [9.17, 15) is 9.59 Å². The van der Waals surface area contributed by atoms with Crippen molar-refractivity contribution < 1.29 is 14.3 Å². The van der Waals surface area contributed by atoms with Gasteiger partial charge in [-0.3, -0.25) is 9.59 Å². The largest absolute Gasteiger partial charge is 0.482 e. The molecule has 132 valence electrons. The molecule has 1 heterocycles. The molecule has 1 N–H and O–H groups in total. The van der Waals surface area contributed by atoms with Crippen molar-refractivity contribution in [2.75, 3.05) is 44.0 Å². The lowest BCUT2D eigenvalue weighted by atomic mass is 10.2. The van der Waals surface area contributed by atoms with Gasteiger partial charge in [0, 0.05) is 12.2 Å². The minimum absolute atomic E-state index is 0.00514. The fraction of sp³-hybridized carbons (Fsp3) is 0.467. The van der Waals surface area contributed by atoms with Crippen LogP contribution >= 0.6 is 34.8 Å². The molecular formula is C15H18Cl3N3O3. The second-order valence-electron chi connectivity index (χ2n) is 5.63. The van der Waals surface area contributed by atoms with Crippen molar-refractivity contribution in [2.24, 2.45) is 0 Å². The molecule has 9 heteroatoms. The highest BCUT2D eigenvalue weighted by Crippen LogP contribution is 2.35. The average molecular weight is 395 g/mol. The minimum atomic E-state index is -2.06. The van der Waals surface area contributed by atoms with Gasteiger partial charge < -0.3 is 19.9 Å². The first kappa shape index (κ1) is 19.1. The molecular weight excluding hydrogens is 377 g/mol. The van der Waals surface area contributed by atoms with Crippen LogP contribution in [0.15, 0.2) is 18.2 Å². The van der Waals surface area contributed by atoms with Crippen LogP contribution < -0.4 is 15.0 Å². The number of alkyl halides is 3. The van der Waals surface area contributed by atoms with E-state index >= 15 is 0 Å². The fourth-order valence-electron chi connectivity index (χ4n) is 2.27. The van der Waals surface area contributed by atoms with Crippen LogP contribution in [0.25, 0.3) is 0 Å². The van der Waals surface area contributed by atoms with E-state index < -0.39 is 9.70 Å². The predicted octanol–water partition coefficient (Wildman–Crippen LogP) is 2.67. The van der Waals surface area contributed by atoms with E-state index in [1.54, 1.807) is 23.1 Å². The highest BCUT2D eigenvalue weighted by atomic mass is 35.6. The van der Waals surface area contributed by atoms with Crippen molar-refractivity contribution in [3.8, 4) is 5.75 Å². The van der Waals surface area contributed by atoms with Gasteiger partial charge in [-0.2, -0.15) is 0 Å². The standard InChI is InChI=1S/C15H18Cl3N3O3/c1-20(2)6-3-7-21-11-8-10(19-14(23)15(16,17)18)4-5-12(11)24-9-13(21)22/h4-5,8H,3,6-7,9H2,1-2H3,(H,19,23). The maximum atomic E-state index is 12.2. The van der Waals surface area contributed by atoms with Crippen LogP contribution in [0.5, 0.6) is 5.75 Å². The highest BCUT2D eigenvalue weighted by molar-refractivity contribution is 6.76. The Hall–Kier alpha value is -1.21. The zero-order chi connectivity index (χ0) is 17.9. The number of nitrogens with one attached hydrogen (secondary N) is 1. The van der Waals surface area contributed by atoms with Crippen molar-refractivity contribution in [2.45, 2.75) is 10.2 Å². The van der Waals surface area contributed by atoms with Gasteiger partial charge in [-0.1, -0.05) is 34.8 Å². The number of anilines is 2. The summed E-state index contributed by atoms with van der Waals surface area (Å²) in [5, 5.41) is 2.51. The summed E-state index contributed by atoms with van der Waals surface area (Å²) in [6.45, 7) is 1.40. The van der Waals surface area contributed by atoms with Gasteiger partial charge in [-0.05, 0) is 45.3 Å². The van der Waals surface area contributed by atoms with Gasteiger partial charge in [0.05, 0.1) is 5.69 Å². The molecule has 0 atom stereocenters. The monoisotopic (exact) mass is 393 g/mol. The molecule has 1 aromatic rings. The molecule has 0 fully saturated rings. The number of halogens is 3. The van der Waals surface area contributed by atoms with Crippen molar-refractivity contribution in [3.63, 3.8) is 0 Å². The van der Waals surface area contributed by atoms with E-state index in [0.29, 0.717) is 23.7 Å². The van der Waals surface area contributed by atoms with Crippen molar-refractivity contribution in [1.29, 1.82) is 0 Å². The number of amides is 2. The van der Waals surface area contributed by atoms with Gasteiger partial charge in [0.25, 0.3) is 15.6 Å². The minimum Gasteiger partial charge on any atom is -0.482 e. The third-order valence-corrected chi connectivity index (χ3v) is 3.92. The normalized spacial score (nSPS) is 14.4. The first-order valence-electron chi connectivity index (χ1n) is 7.28. The summed E-state index contributed by atoms with van der Waals surface area (Å²) in [6.07, 6.45) is 0.808. The van der Waals surface area contributed by atoms with E-state index in [1.165, 1.54) is 0 Å². The lowest BCUT2D eigenvalue weighted by molar-refractivity contribution is -0.121. The molecule has 6 nitrogen and oxygen atoms in total. The molecule has 1 aliphatic heterocycles. The summed E-state index contributed by atoms with van der Waals surface area (Å²) >= 11 is 16.7. The Bertz CT molecular complexity index is 632. The number of nitrogens with zero attached hydrogens (tertiary/aromatic N) is 2. The molecule has 1 aliphatic rings. The number of carbonyl (C=O) groups excluding carboxylic acids is 2. The van der Waals surface area contributed by atoms with Crippen LogP contribution in [0.4, 0.5) is 11.4 Å². The van der Waals surface area contributed by atoms with Gasteiger partial charge in [0.1, 0.15) is 5.75 Å². The number of rotatable bonds is 5. The Morgan fingerprint density at radius 3 is 2.71 bits per heavy atom. The van der Waals surface area contributed by atoms with Crippen LogP contribution in [-0.2, 0) is 9.59 Å². The Labute approximate surface area is 155 Å². The topological polar surface area (TPSA) is 61.9 Å². The average Bonchev–Trinajstić information content (AvgIpc) is 2.48. The Morgan fingerprint density at radius 2 is 2.08 bits per heavy atom. The van der Waals surface area contributed by atoms with Crippen LogP contribution in [-0.4, -0.2) is 54.3 Å². The van der Waals surface area contributed by atoms with E-state index in [2.05, 4.69) is 5.32 Å². The third kappa shape index (κ3) is 4.89. The summed E-state index contributed by atoms with van der Waals surface area (Å²) in [4.78, 5) is 27.6. The van der Waals surface area contributed by atoms with Crippen LogP contribution in [0, 0.1) is 0 Å². The summed E-state index contributed by atoms with van der Waals surface area (Å²) < 4.78 is 3.37. The van der Waals surface area contributed by atoms with Gasteiger partial charge in [-0.25, -0.2) is 0 Å². The lowest BCUT2D eigenvalue weighted by Gasteiger charge is -2.30. The van der Waals surface area contributed by atoms with Crippen LogP contribution in [0.3, 0.4) is 0 Å². The molecule has 0 saturated heterocycles. The predicted molar refractivity (Wildman–Crippen MR) is 96.4 cm³/mol. The van der Waals surface area contributed by atoms with E-state index in [0.717, 1.165) is 13.0 Å². The van der Waals surface area contributed by atoms with Crippen molar-refractivity contribution in [3.05, 3.63) is 18.2 Å². The first-order valence-corrected chi connectivity index (χ1v) is 8.42.